The number of para-hydroxylation sites is 1. The van der Waals surface area contributed by atoms with Gasteiger partial charge in [0.25, 0.3) is 0 Å². The third kappa shape index (κ3) is 4.20. The van der Waals surface area contributed by atoms with Gasteiger partial charge in [0.2, 0.25) is 0 Å². The van der Waals surface area contributed by atoms with Gasteiger partial charge < -0.3 is 14.0 Å². The molecule has 0 saturated carbocycles. The molecule has 2 heterocycles. The number of hydrogen-bond acceptors (Lipinski definition) is 4. The van der Waals surface area contributed by atoms with Gasteiger partial charge >= 0.3 is 5.97 Å². The lowest BCUT2D eigenvalue weighted by molar-refractivity contribution is 0.0520. The van der Waals surface area contributed by atoms with E-state index in [-0.39, 0.29) is 0 Å². The number of fused-ring (bicyclic) bond motifs is 3. The molecule has 0 radical (unpaired) electrons. The Morgan fingerprint density at radius 2 is 1.75 bits per heavy atom. The molecule has 0 spiro atoms. The second kappa shape index (κ2) is 9.86. The largest absolute Gasteiger partial charge is 0.497 e. The van der Waals surface area contributed by atoms with Crippen LogP contribution in [0, 0.1) is 0 Å². The van der Waals surface area contributed by atoms with Gasteiger partial charge in [0, 0.05) is 28.4 Å². The van der Waals surface area contributed by atoms with Gasteiger partial charge in [0.05, 0.1) is 24.9 Å². The third-order valence-electron chi connectivity index (χ3n) is 5.83. The van der Waals surface area contributed by atoms with Crippen molar-refractivity contribution >= 4 is 27.8 Å². The number of ether oxygens (including phenoxy) is 2. The van der Waals surface area contributed by atoms with Gasteiger partial charge in [-0.3, -0.25) is 0 Å². The lowest BCUT2D eigenvalue weighted by Crippen LogP contribution is -2.09. The summed E-state index contributed by atoms with van der Waals surface area (Å²) in [5.41, 5.74) is 4.29. The van der Waals surface area contributed by atoms with E-state index in [9.17, 15) is 4.79 Å². The van der Waals surface area contributed by atoms with Crippen molar-refractivity contribution in [1.29, 1.82) is 0 Å². The highest BCUT2D eigenvalue weighted by Crippen LogP contribution is 2.36. The number of unbranched alkanes of at least 4 members (excludes halogenated alkanes) is 3. The van der Waals surface area contributed by atoms with Gasteiger partial charge in [-0.25, -0.2) is 9.78 Å². The molecule has 2 aromatic carbocycles. The summed E-state index contributed by atoms with van der Waals surface area (Å²) in [6.45, 7) is 5.26. The van der Waals surface area contributed by atoms with Crippen LogP contribution in [0.3, 0.4) is 0 Å². The zero-order valence-electron chi connectivity index (χ0n) is 19.1. The van der Waals surface area contributed by atoms with Gasteiger partial charge in [-0.05, 0) is 49.7 Å². The molecule has 0 N–H and O–H groups in total. The molecule has 0 saturated heterocycles. The minimum atomic E-state index is -0.399. The van der Waals surface area contributed by atoms with Gasteiger partial charge in [-0.15, -0.1) is 0 Å². The lowest BCUT2D eigenvalue weighted by Gasteiger charge is -2.12. The molecule has 0 atom stereocenters. The number of esters is 1. The van der Waals surface area contributed by atoms with Crippen molar-refractivity contribution in [3.05, 3.63) is 60.3 Å². The van der Waals surface area contributed by atoms with E-state index < -0.39 is 5.97 Å². The molecule has 2 aromatic heterocycles. The van der Waals surface area contributed by atoms with Crippen molar-refractivity contribution in [2.45, 2.75) is 46.1 Å². The molecule has 0 unspecified atom stereocenters. The van der Waals surface area contributed by atoms with Crippen molar-refractivity contribution < 1.29 is 14.3 Å². The summed E-state index contributed by atoms with van der Waals surface area (Å²) in [5, 5.41) is 2.15. The van der Waals surface area contributed by atoms with Crippen molar-refractivity contribution in [1.82, 2.24) is 9.55 Å². The molecule has 32 heavy (non-hydrogen) atoms. The SMILES string of the molecule is CCCCCCn1c2ccccc2c2cc(C(=O)OCC)nc(-c3ccc(OC)cc3)c21. The standard InChI is InChI=1S/C27H30N2O3/c1-4-6-7-10-17-29-24-12-9-8-11-21(24)22-18-23(27(30)32-5-2)28-25(26(22)29)19-13-15-20(31-3)16-14-19/h8-9,11-16,18H,4-7,10,17H2,1-3H3. The zero-order valence-corrected chi connectivity index (χ0v) is 19.1. The van der Waals surface area contributed by atoms with E-state index in [2.05, 4.69) is 29.7 Å². The average Bonchev–Trinajstić information content (AvgIpc) is 3.15. The molecular formula is C27H30N2O3. The number of carbonyl (C=O) groups is 1. The van der Waals surface area contributed by atoms with Gasteiger partial charge in [0.15, 0.2) is 0 Å². The van der Waals surface area contributed by atoms with Crippen molar-refractivity contribution in [3.63, 3.8) is 0 Å². The number of carbonyl (C=O) groups excluding carboxylic acids is 1. The van der Waals surface area contributed by atoms with E-state index in [0.29, 0.717) is 12.3 Å². The van der Waals surface area contributed by atoms with Crippen LogP contribution in [0.5, 0.6) is 5.75 Å². The van der Waals surface area contributed by atoms with Crippen LogP contribution in [-0.4, -0.2) is 29.2 Å². The van der Waals surface area contributed by atoms with Crippen LogP contribution in [0.1, 0.15) is 50.0 Å². The summed E-state index contributed by atoms with van der Waals surface area (Å²) in [5.74, 6) is 0.385. The van der Waals surface area contributed by atoms with Gasteiger partial charge in [-0.2, -0.15) is 0 Å². The number of aryl methyl sites for hydroxylation is 1. The summed E-state index contributed by atoms with van der Waals surface area (Å²) in [4.78, 5) is 17.5. The predicted molar refractivity (Wildman–Crippen MR) is 129 cm³/mol. The third-order valence-corrected chi connectivity index (χ3v) is 5.83. The Morgan fingerprint density at radius 3 is 2.47 bits per heavy atom. The van der Waals surface area contributed by atoms with Gasteiger partial charge in [0.1, 0.15) is 11.4 Å². The predicted octanol–water partition coefficient (Wildman–Crippen LogP) is 6.62. The van der Waals surface area contributed by atoms with Crippen molar-refractivity contribution in [2.75, 3.05) is 13.7 Å². The summed E-state index contributed by atoms with van der Waals surface area (Å²) < 4.78 is 13.0. The van der Waals surface area contributed by atoms with E-state index in [4.69, 9.17) is 14.5 Å². The molecule has 0 aliphatic rings. The van der Waals surface area contributed by atoms with E-state index in [1.807, 2.05) is 43.3 Å². The van der Waals surface area contributed by atoms with Crippen molar-refractivity contribution in [2.24, 2.45) is 0 Å². The number of rotatable bonds is 9. The average molecular weight is 431 g/mol. The Kier molecular flexibility index (Phi) is 6.74. The maximum atomic E-state index is 12.6. The first-order valence-electron chi connectivity index (χ1n) is 11.4. The molecule has 0 fully saturated rings. The normalized spacial score (nSPS) is 11.2. The number of hydrogen-bond donors (Lipinski definition) is 0. The number of aromatic nitrogens is 2. The number of benzene rings is 2. The van der Waals surface area contributed by atoms with E-state index in [1.165, 1.54) is 19.3 Å². The molecule has 166 valence electrons. The van der Waals surface area contributed by atoms with Crippen LogP contribution in [0.25, 0.3) is 33.1 Å². The lowest BCUT2D eigenvalue weighted by atomic mass is 10.1. The molecule has 0 bridgehead atoms. The number of pyridine rings is 1. The molecule has 4 rings (SSSR count). The highest BCUT2D eigenvalue weighted by Gasteiger charge is 2.20. The quantitative estimate of drug-likeness (QED) is 0.221. The Morgan fingerprint density at radius 1 is 0.969 bits per heavy atom. The van der Waals surface area contributed by atoms with Crippen LogP contribution in [0.2, 0.25) is 0 Å². The second-order valence-corrected chi connectivity index (χ2v) is 7.93. The highest BCUT2D eigenvalue weighted by molar-refractivity contribution is 6.13. The summed E-state index contributed by atoms with van der Waals surface area (Å²) in [7, 11) is 1.65. The summed E-state index contributed by atoms with van der Waals surface area (Å²) >= 11 is 0. The van der Waals surface area contributed by atoms with Crippen LogP contribution in [0.15, 0.2) is 54.6 Å². The first-order chi connectivity index (χ1) is 15.7. The maximum absolute atomic E-state index is 12.6. The molecule has 5 heteroatoms. The highest BCUT2D eigenvalue weighted by atomic mass is 16.5. The van der Waals surface area contributed by atoms with Crippen LogP contribution >= 0.6 is 0 Å². The van der Waals surface area contributed by atoms with Crippen LogP contribution < -0.4 is 4.74 Å². The molecular weight excluding hydrogens is 400 g/mol. The van der Waals surface area contributed by atoms with Crippen molar-refractivity contribution in [3.8, 4) is 17.0 Å². The minimum Gasteiger partial charge on any atom is -0.497 e. The topological polar surface area (TPSA) is 53.4 Å². The smallest absolute Gasteiger partial charge is 0.356 e. The fourth-order valence-electron chi connectivity index (χ4n) is 4.26. The second-order valence-electron chi connectivity index (χ2n) is 7.93. The van der Waals surface area contributed by atoms with Crippen LogP contribution in [0.4, 0.5) is 0 Å². The molecule has 4 aromatic rings. The molecule has 0 aliphatic carbocycles. The summed E-state index contributed by atoms with van der Waals surface area (Å²) in [6, 6.07) is 18.1. The first kappa shape index (κ1) is 21.9. The zero-order chi connectivity index (χ0) is 22.5. The van der Waals surface area contributed by atoms with E-state index in [1.54, 1.807) is 7.11 Å². The Balaban J connectivity index is 1.97. The van der Waals surface area contributed by atoms with E-state index in [0.717, 1.165) is 51.8 Å². The summed E-state index contributed by atoms with van der Waals surface area (Å²) in [6.07, 6.45) is 4.72. The van der Waals surface area contributed by atoms with E-state index >= 15 is 0 Å². The Labute approximate surface area is 189 Å². The Bertz CT molecular complexity index is 1230. The number of methoxy groups -OCH3 is 1. The first-order valence-corrected chi connectivity index (χ1v) is 11.4. The van der Waals surface area contributed by atoms with Gasteiger partial charge in [-0.1, -0.05) is 44.4 Å². The molecule has 0 aliphatic heterocycles. The molecule has 5 nitrogen and oxygen atoms in total. The van der Waals surface area contributed by atoms with Crippen LogP contribution in [-0.2, 0) is 11.3 Å². The fraction of sp³-hybridized carbons (Fsp3) is 0.333. The maximum Gasteiger partial charge on any atom is 0.356 e. The monoisotopic (exact) mass is 430 g/mol. The number of nitrogens with zero attached hydrogens (tertiary/aromatic N) is 2. The minimum absolute atomic E-state index is 0.315. The fourth-order valence-corrected chi connectivity index (χ4v) is 4.26. The molecule has 0 amide bonds. The Hall–Kier alpha value is -3.34.